The topological polar surface area (TPSA) is 50.7 Å². The Labute approximate surface area is 110 Å². The molecular formula is C11H12Cl2N2O2. The van der Waals surface area contributed by atoms with Crippen molar-refractivity contribution in [2.45, 2.75) is 13.8 Å². The first kappa shape index (κ1) is 13.8. The number of carbonyl (C=O) groups excluding carboxylic acids is 1. The van der Waals surface area contributed by atoms with Crippen LogP contribution in [0.4, 0.5) is 5.69 Å². The van der Waals surface area contributed by atoms with Gasteiger partial charge in [0.25, 0.3) is 0 Å². The molecular weight excluding hydrogens is 263 g/mol. The van der Waals surface area contributed by atoms with E-state index < -0.39 is 5.97 Å². The van der Waals surface area contributed by atoms with Crippen molar-refractivity contribution >= 4 is 40.0 Å². The fourth-order valence-corrected chi connectivity index (χ4v) is 1.35. The summed E-state index contributed by atoms with van der Waals surface area (Å²) in [5.74, 6) is -0.665. The van der Waals surface area contributed by atoms with Gasteiger partial charge in [-0.15, -0.1) is 0 Å². The van der Waals surface area contributed by atoms with Gasteiger partial charge >= 0.3 is 5.97 Å². The van der Waals surface area contributed by atoms with E-state index in [1.807, 2.05) is 6.92 Å². The second-order valence-electron chi connectivity index (χ2n) is 3.15. The number of esters is 1. The van der Waals surface area contributed by atoms with Crippen LogP contribution in [0, 0.1) is 6.92 Å². The Morgan fingerprint density at radius 1 is 1.53 bits per heavy atom. The standard InChI is InChI=1S/C11H12Cl2N2O2/c1-3-17-11(16)10(13)15-14-9-6-4-5-8(12)7(9)2/h4-6,14H,3H2,1-2H3/b15-10-. The number of halogens is 2. The molecule has 0 fully saturated rings. The molecule has 0 spiro atoms. The lowest BCUT2D eigenvalue weighted by atomic mass is 10.2. The lowest BCUT2D eigenvalue weighted by Crippen LogP contribution is -2.13. The van der Waals surface area contributed by atoms with Crippen molar-refractivity contribution in [3.8, 4) is 0 Å². The molecule has 4 nitrogen and oxygen atoms in total. The van der Waals surface area contributed by atoms with Crippen molar-refractivity contribution < 1.29 is 9.53 Å². The molecule has 0 amide bonds. The van der Waals surface area contributed by atoms with E-state index in [0.29, 0.717) is 10.7 Å². The van der Waals surface area contributed by atoms with Crippen LogP contribution < -0.4 is 5.43 Å². The quantitative estimate of drug-likeness (QED) is 0.521. The second kappa shape index (κ2) is 6.47. The predicted octanol–water partition coefficient (Wildman–Crippen LogP) is 3.18. The summed E-state index contributed by atoms with van der Waals surface area (Å²) in [6.45, 7) is 3.77. The average molecular weight is 275 g/mol. The number of benzene rings is 1. The minimum Gasteiger partial charge on any atom is -0.461 e. The van der Waals surface area contributed by atoms with E-state index >= 15 is 0 Å². The highest BCUT2D eigenvalue weighted by Gasteiger charge is 2.09. The van der Waals surface area contributed by atoms with Crippen molar-refractivity contribution in [1.82, 2.24) is 0 Å². The predicted molar refractivity (Wildman–Crippen MR) is 69.7 cm³/mol. The molecule has 1 aromatic rings. The van der Waals surface area contributed by atoms with E-state index in [1.165, 1.54) is 0 Å². The average Bonchev–Trinajstić information content (AvgIpc) is 2.31. The van der Waals surface area contributed by atoms with Gasteiger partial charge in [-0.1, -0.05) is 29.3 Å². The fraction of sp³-hybridized carbons (Fsp3) is 0.273. The van der Waals surface area contributed by atoms with E-state index in [0.717, 1.165) is 5.56 Å². The lowest BCUT2D eigenvalue weighted by Gasteiger charge is -2.06. The van der Waals surface area contributed by atoms with Crippen molar-refractivity contribution in [3.63, 3.8) is 0 Å². The van der Waals surface area contributed by atoms with Crippen molar-refractivity contribution in [2.24, 2.45) is 5.10 Å². The third kappa shape index (κ3) is 3.91. The number of ether oxygens (including phenoxy) is 1. The summed E-state index contributed by atoms with van der Waals surface area (Å²) in [5.41, 5.74) is 4.17. The first-order valence-corrected chi connectivity index (χ1v) is 5.73. The van der Waals surface area contributed by atoms with Crippen LogP contribution in [0.1, 0.15) is 12.5 Å². The number of nitrogens with one attached hydrogen (secondary N) is 1. The highest BCUT2D eigenvalue weighted by Crippen LogP contribution is 2.22. The zero-order valence-corrected chi connectivity index (χ0v) is 11.0. The number of hydrogen-bond acceptors (Lipinski definition) is 4. The van der Waals surface area contributed by atoms with Gasteiger partial charge in [0, 0.05) is 5.02 Å². The number of carbonyl (C=O) groups is 1. The van der Waals surface area contributed by atoms with Gasteiger partial charge in [-0.3, -0.25) is 5.43 Å². The van der Waals surface area contributed by atoms with Crippen molar-refractivity contribution in [1.29, 1.82) is 0 Å². The van der Waals surface area contributed by atoms with Gasteiger partial charge < -0.3 is 4.74 Å². The Bertz CT molecular complexity index is 447. The highest BCUT2D eigenvalue weighted by molar-refractivity contribution is 6.82. The molecule has 1 rings (SSSR count). The van der Waals surface area contributed by atoms with E-state index in [2.05, 4.69) is 15.3 Å². The Hall–Kier alpha value is -1.26. The molecule has 0 saturated carbocycles. The summed E-state index contributed by atoms with van der Waals surface area (Å²) >= 11 is 11.6. The number of hydrazone groups is 1. The van der Waals surface area contributed by atoms with Gasteiger partial charge in [0.15, 0.2) is 0 Å². The van der Waals surface area contributed by atoms with Crippen LogP contribution in [0.15, 0.2) is 23.3 Å². The van der Waals surface area contributed by atoms with Gasteiger partial charge in [-0.25, -0.2) is 4.79 Å². The molecule has 0 radical (unpaired) electrons. The first-order chi connectivity index (χ1) is 8.06. The maximum Gasteiger partial charge on any atom is 0.370 e. The monoisotopic (exact) mass is 274 g/mol. The molecule has 17 heavy (non-hydrogen) atoms. The molecule has 0 heterocycles. The van der Waals surface area contributed by atoms with Crippen LogP contribution in [-0.2, 0) is 9.53 Å². The van der Waals surface area contributed by atoms with Crippen LogP contribution >= 0.6 is 23.2 Å². The van der Waals surface area contributed by atoms with Gasteiger partial charge in [-0.05, 0) is 31.5 Å². The molecule has 0 saturated heterocycles. The molecule has 0 aromatic heterocycles. The summed E-state index contributed by atoms with van der Waals surface area (Å²) in [7, 11) is 0. The number of nitrogens with zero attached hydrogens (tertiary/aromatic N) is 1. The Morgan fingerprint density at radius 3 is 2.88 bits per heavy atom. The number of hydrogen-bond donors (Lipinski definition) is 1. The summed E-state index contributed by atoms with van der Waals surface area (Å²) in [4.78, 5) is 11.2. The lowest BCUT2D eigenvalue weighted by molar-refractivity contribution is -0.134. The van der Waals surface area contributed by atoms with E-state index in [-0.39, 0.29) is 11.8 Å². The van der Waals surface area contributed by atoms with Gasteiger partial charge in [-0.2, -0.15) is 5.10 Å². The van der Waals surface area contributed by atoms with E-state index in [1.54, 1.807) is 25.1 Å². The van der Waals surface area contributed by atoms with Crippen molar-refractivity contribution in [2.75, 3.05) is 12.0 Å². The number of anilines is 1. The smallest absolute Gasteiger partial charge is 0.370 e. The van der Waals surface area contributed by atoms with Gasteiger partial charge in [0.05, 0.1) is 12.3 Å². The Morgan fingerprint density at radius 2 is 2.24 bits per heavy atom. The molecule has 1 aromatic carbocycles. The van der Waals surface area contributed by atoms with Crippen LogP contribution in [0.5, 0.6) is 0 Å². The molecule has 0 aliphatic carbocycles. The maximum absolute atomic E-state index is 11.2. The SMILES string of the molecule is CCOC(=O)/C(Cl)=N/Nc1cccc(Cl)c1C. The molecule has 0 bridgehead atoms. The normalized spacial score (nSPS) is 11.2. The molecule has 0 aliphatic rings. The van der Waals surface area contributed by atoms with E-state index in [4.69, 9.17) is 23.2 Å². The summed E-state index contributed by atoms with van der Waals surface area (Å²) < 4.78 is 4.68. The van der Waals surface area contributed by atoms with Gasteiger partial charge in [0.1, 0.15) is 0 Å². The largest absolute Gasteiger partial charge is 0.461 e. The minimum absolute atomic E-state index is 0.251. The summed E-state index contributed by atoms with van der Waals surface area (Å²) in [6.07, 6.45) is 0. The van der Waals surface area contributed by atoms with Crippen LogP contribution in [0.2, 0.25) is 5.02 Å². The minimum atomic E-state index is -0.665. The molecule has 0 aliphatic heterocycles. The summed E-state index contributed by atoms with van der Waals surface area (Å²) in [5, 5.41) is 4.06. The highest BCUT2D eigenvalue weighted by atomic mass is 35.5. The Kier molecular flexibility index (Phi) is 5.25. The fourth-order valence-electron chi connectivity index (χ4n) is 1.07. The Balaban J connectivity index is 2.75. The van der Waals surface area contributed by atoms with Crippen LogP contribution in [0.3, 0.4) is 0 Å². The zero-order valence-electron chi connectivity index (χ0n) is 9.46. The first-order valence-electron chi connectivity index (χ1n) is 4.97. The summed E-state index contributed by atoms with van der Waals surface area (Å²) in [6, 6.07) is 5.31. The number of rotatable bonds is 4. The maximum atomic E-state index is 11.2. The third-order valence-corrected chi connectivity index (χ3v) is 2.63. The third-order valence-electron chi connectivity index (χ3n) is 1.99. The van der Waals surface area contributed by atoms with E-state index in [9.17, 15) is 4.79 Å². The zero-order chi connectivity index (χ0) is 12.8. The van der Waals surface area contributed by atoms with Crippen molar-refractivity contribution in [3.05, 3.63) is 28.8 Å². The van der Waals surface area contributed by atoms with Crippen LogP contribution in [-0.4, -0.2) is 17.7 Å². The van der Waals surface area contributed by atoms with Crippen LogP contribution in [0.25, 0.3) is 0 Å². The second-order valence-corrected chi connectivity index (χ2v) is 3.91. The van der Waals surface area contributed by atoms with Gasteiger partial charge in [0.2, 0.25) is 5.17 Å². The molecule has 6 heteroatoms. The molecule has 1 N–H and O–H groups in total. The molecule has 92 valence electrons. The molecule has 0 unspecified atom stereocenters. The molecule has 0 atom stereocenters.